The molecule has 1 heterocycles. The smallest absolute Gasteiger partial charge is 0.251 e. The Labute approximate surface area is 200 Å². The summed E-state index contributed by atoms with van der Waals surface area (Å²) < 4.78 is 1.80. The third kappa shape index (κ3) is 6.12. The number of rotatable bonds is 9. The minimum atomic E-state index is -0.262. The van der Waals surface area contributed by atoms with E-state index in [0.717, 1.165) is 5.56 Å². The number of anilines is 1. The van der Waals surface area contributed by atoms with Crippen molar-refractivity contribution in [2.75, 3.05) is 11.1 Å². The van der Waals surface area contributed by atoms with Crippen molar-refractivity contribution < 1.29 is 9.59 Å². The second kappa shape index (κ2) is 11.2. The molecule has 0 atom stereocenters. The summed E-state index contributed by atoms with van der Waals surface area (Å²) in [5, 5.41) is 15.1. The molecule has 2 aromatic carbocycles. The van der Waals surface area contributed by atoms with Crippen molar-refractivity contribution in [1.82, 2.24) is 20.1 Å². The van der Waals surface area contributed by atoms with Crippen LogP contribution in [0.3, 0.4) is 0 Å². The van der Waals surface area contributed by atoms with E-state index in [0.29, 0.717) is 33.8 Å². The number of aromatic nitrogens is 3. The van der Waals surface area contributed by atoms with Crippen LogP contribution in [0.25, 0.3) is 0 Å². The first kappa shape index (κ1) is 23.8. The lowest BCUT2D eigenvalue weighted by molar-refractivity contribution is -0.113. The summed E-state index contributed by atoms with van der Waals surface area (Å²) in [4.78, 5) is 24.7. The van der Waals surface area contributed by atoms with Gasteiger partial charge >= 0.3 is 0 Å². The number of carbonyl (C=O) groups excluding carboxylic acids is 2. The van der Waals surface area contributed by atoms with Crippen LogP contribution in [0.5, 0.6) is 0 Å². The third-order valence-corrected chi connectivity index (χ3v) is 6.17. The molecule has 166 valence electrons. The lowest BCUT2D eigenvalue weighted by atomic mass is 10.1. The number of hydrogen-bond donors (Lipinski definition) is 2. The lowest BCUT2D eigenvalue weighted by Crippen LogP contribution is -2.24. The van der Waals surface area contributed by atoms with Gasteiger partial charge in [-0.25, -0.2) is 0 Å². The van der Waals surface area contributed by atoms with Gasteiger partial charge in [0, 0.05) is 12.1 Å². The van der Waals surface area contributed by atoms with Crippen molar-refractivity contribution in [3.63, 3.8) is 0 Å². The maximum atomic E-state index is 12.4. The summed E-state index contributed by atoms with van der Waals surface area (Å²) in [6.45, 7) is 6.35. The molecular weight excluding hydrogens is 469 g/mol. The summed E-state index contributed by atoms with van der Waals surface area (Å²) in [7, 11) is 0. The van der Waals surface area contributed by atoms with Crippen LogP contribution >= 0.6 is 35.0 Å². The van der Waals surface area contributed by atoms with Crippen molar-refractivity contribution in [2.24, 2.45) is 0 Å². The first-order valence-electron chi connectivity index (χ1n) is 9.63. The van der Waals surface area contributed by atoms with Crippen LogP contribution < -0.4 is 10.6 Å². The van der Waals surface area contributed by atoms with Crippen LogP contribution in [-0.4, -0.2) is 32.3 Å². The summed E-state index contributed by atoms with van der Waals surface area (Å²) in [6, 6.07) is 12.3. The fourth-order valence-corrected chi connectivity index (χ4v) is 3.87. The zero-order chi connectivity index (χ0) is 23.1. The van der Waals surface area contributed by atoms with Crippen molar-refractivity contribution in [3.8, 4) is 0 Å². The number of aryl methyl sites for hydroxylation is 1. The predicted molar refractivity (Wildman–Crippen MR) is 128 cm³/mol. The first-order valence-corrected chi connectivity index (χ1v) is 11.4. The van der Waals surface area contributed by atoms with E-state index in [-0.39, 0.29) is 29.1 Å². The van der Waals surface area contributed by atoms with Crippen LogP contribution in [0, 0.1) is 6.92 Å². The number of halogens is 2. The Balaban J connectivity index is 1.61. The van der Waals surface area contributed by atoms with Gasteiger partial charge in [0.15, 0.2) is 11.0 Å². The van der Waals surface area contributed by atoms with Gasteiger partial charge in [-0.1, -0.05) is 64.8 Å². The van der Waals surface area contributed by atoms with Crippen LogP contribution in [0.1, 0.15) is 21.7 Å². The van der Waals surface area contributed by atoms with Crippen LogP contribution in [0.15, 0.2) is 60.3 Å². The van der Waals surface area contributed by atoms with E-state index in [4.69, 9.17) is 23.2 Å². The van der Waals surface area contributed by atoms with E-state index in [2.05, 4.69) is 27.4 Å². The average Bonchev–Trinajstić information content (AvgIpc) is 3.16. The SMILES string of the molecule is C=CCn1c(CNC(=O)c2ccc(C)cc2)nnc1SCC(=O)Nc1cccc(Cl)c1Cl. The summed E-state index contributed by atoms with van der Waals surface area (Å²) in [6.07, 6.45) is 1.70. The quantitative estimate of drug-likeness (QED) is 0.334. The maximum Gasteiger partial charge on any atom is 0.251 e. The molecule has 0 aliphatic rings. The van der Waals surface area contributed by atoms with Gasteiger partial charge in [-0.15, -0.1) is 16.8 Å². The Morgan fingerprint density at radius 1 is 1.16 bits per heavy atom. The number of hydrogen-bond acceptors (Lipinski definition) is 5. The molecule has 0 radical (unpaired) electrons. The second-order valence-electron chi connectivity index (χ2n) is 6.79. The summed E-state index contributed by atoms with van der Waals surface area (Å²) >= 11 is 13.3. The Hall–Kier alpha value is -2.81. The molecule has 0 spiro atoms. The highest BCUT2D eigenvalue weighted by atomic mass is 35.5. The van der Waals surface area contributed by atoms with Gasteiger partial charge in [0.2, 0.25) is 5.91 Å². The van der Waals surface area contributed by atoms with E-state index in [9.17, 15) is 9.59 Å². The lowest BCUT2D eigenvalue weighted by Gasteiger charge is -2.10. The largest absolute Gasteiger partial charge is 0.345 e. The Bertz CT molecular complexity index is 1130. The fraction of sp³-hybridized carbons (Fsp3) is 0.182. The molecule has 0 fully saturated rings. The molecule has 1 aromatic heterocycles. The normalized spacial score (nSPS) is 10.6. The zero-order valence-corrected chi connectivity index (χ0v) is 19.6. The van der Waals surface area contributed by atoms with E-state index in [1.54, 1.807) is 41.0 Å². The predicted octanol–water partition coefficient (Wildman–Crippen LogP) is 4.74. The molecule has 0 saturated heterocycles. The van der Waals surface area contributed by atoms with Gasteiger partial charge in [0.25, 0.3) is 5.91 Å². The van der Waals surface area contributed by atoms with Crippen molar-refractivity contribution in [3.05, 3.63) is 82.1 Å². The standard InChI is InChI=1S/C22H21Cl2N5O2S/c1-3-11-29-18(12-25-21(31)15-9-7-14(2)8-10-15)27-28-22(29)32-13-19(30)26-17-6-4-5-16(23)20(17)24/h3-10H,1,11-13H2,2H3,(H,25,31)(H,26,30). The Kier molecular flexibility index (Phi) is 8.33. The van der Waals surface area contributed by atoms with Gasteiger partial charge < -0.3 is 15.2 Å². The number of allylic oxidation sites excluding steroid dienone is 1. The number of nitrogens with zero attached hydrogens (tertiary/aromatic N) is 3. The number of benzene rings is 2. The molecule has 0 bridgehead atoms. The molecule has 3 rings (SSSR count). The third-order valence-electron chi connectivity index (χ3n) is 4.38. The van der Waals surface area contributed by atoms with Crippen molar-refractivity contribution in [2.45, 2.75) is 25.2 Å². The highest BCUT2D eigenvalue weighted by Gasteiger charge is 2.15. The van der Waals surface area contributed by atoms with Gasteiger partial charge in [-0.3, -0.25) is 9.59 Å². The second-order valence-corrected chi connectivity index (χ2v) is 8.51. The van der Waals surface area contributed by atoms with Crippen molar-refractivity contribution >= 4 is 52.5 Å². The minimum Gasteiger partial charge on any atom is -0.345 e. The first-order chi connectivity index (χ1) is 15.4. The molecule has 0 aliphatic heterocycles. The molecule has 10 heteroatoms. The van der Waals surface area contributed by atoms with E-state index >= 15 is 0 Å². The van der Waals surface area contributed by atoms with E-state index in [1.807, 2.05) is 19.1 Å². The van der Waals surface area contributed by atoms with Crippen LogP contribution in [0.2, 0.25) is 10.0 Å². The molecule has 2 amide bonds. The molecule has 2 N–H and O–H groups in total. The van der Waals surface area contributed by atoms with Gasteiger partial charge in [-0.05, 0) is 31.2 Å². The molecule has 32 heavy (non-hydrogen) atoms. The molecule has 3 aromatic rings. The number of thioether (sulfide) groups is 1. The fourth-order valence-electron chi connectivity index (χ4n) is 2.75. The van der Waals surface area contributed by atoms with Gasteiger partial charge in [0.1, 0.15) is 0 Å². The minimum absolute atomic E-state index is 0.0911. The van der Waals surface area contributed by atoms with Gasteiger partial charge in [0.05, 0.1) is 28.0 Å². The highest BCUT2D eigenvalue weighted by molar-refractivity contribution is 7.99. The molecule has 0 unspecified atom stereocenters. The Morgan fingerprint density at radius 3 is 2.62 bits per heavy atom. The maximum absolute atomic E-state index is 12.4. The average molecular weight is 490 g/mol. The van der Waals surface area contributed by atoms with Crippen LogP contribution in [-0.2, 0) is 17.9 Å². The van der Waals surface area contributed by atoms with Gasteiger partial charge in [-0.2, -0.15) is 0 Å². The molecular formula is C22H21Cl2N5O2S. The highest BCUT2D eigenvalue weighted by Crippen LogP contribution is 2.29. The number of nitrogens with one attached hydrogen (secondary N) is 2. The van der Waals surface area contributed by atoms with E-state index < -0.39 is 0 Å². The number of amides is 2. The summed E-state index contributed by atoms with van der Waals surface area (Å²) in [5.41, 5.74) is 2.09. The Morgan fingerprint density at radius 2 is 1.91 bits per heavy atom. The summed E-state index contributed by atoms with van der Waals surface area (Å²) in [5.74, 6) is 0.186. The topological polar surface area (TPSA) is 88.9 Å². The van der Waals surface area contributed by atoms with E-state index in [1.165, 1.54) is 11.8 Å². The molecule has 0 aliphatic carbocycles. The van der Waals surface area contributed by atoms with Crippen molar-refractivity contribution in [1.29, 1.82) is 0 Å². The zero-order valence-electron chi connectivity index (χ0n) is 17.3. The monoisotopic (exact) mass is 489 g/mol. The van der Waals surface area contributed by atoms with Crippen LogP contribution in [0.4, 0.5) is 5.69 Å². The molecule has 7 nitrogen and oxygen atoms in total. The molecule has 0 saturated carbocycles. The number of carbonyl (C=O) groups is 2.